The van der Waals surface area contributed by atoms with Crippen molar-refractivity contribution in [1.29, 1.82) is 0 Å². The topological polar surface area (TPSA) is 103 Å². The van der Waals surface area contributed by atoms with Crippen LogP contribution in [0.3, 0.4) is 0 Å². The maximum atomic E-state index is 11.2. The van der Waals surface area contributed by atoms with Gasteiger partial charge >= 0.3 is 0 Å². The molecule has 0 aliphatic heterocycles. The number of hydrogen-bond donors (Lipinski definition) is 3. The molecule has 0 fully saturated rings. The summed E-state index contributed by atoms with van der Waals surface area (Å²) in [6.07, 6.45) is 1.48. The van der Waals surface area contributed by atoms with E-state index in [0.717, 1.165) is 0 Å². The molecule has 17 heavy (non-hydrogen) atoms. The van der Waals surface area contributed by atoms with E-state index in [1.165, 1.54) is 12.3 Å². The quantitative estimate of drug-likeness (QED) is 0.668. The van der Waals surface area contributed by atoms with Crippen molar-refractivity contribution in [1.82, 2.24) is 4.98 Å². The van der Waals surface area contributed by atoms with Gasteiger partial charge in [-0.25, -0.2) is 4.98 Å². The molecule has 1 amide bonds. The number of pyridine rings is 1. The van der Waals surface area contributed by atoms with Crippen LogP contribution in [0.2, 0.25) is 0 Å². The van der Waals surface area contributed by atoms with E-state index >= 15 is 0 Å². The van der Waals surface area contributed by atoms with E-state index < -0.39 is 5.91 Å². The fourth-order valence-electron chi connectivity index (χ4n) is 1.42. The zero-order valence-electron chi connectivity index (χ0n) is 10.1. The molecule has 94 valence electrons. The molecule has 5 N–H and O–H groups in total. The van der Waals surface area contributed by atoms with Gasteiger partial charge in [0.1, 0.15) is 5.82 Å². The van der Waals surface area contributed by atoms with Crippen LogP contribution in [0.25, 0.3) is 0 Å². The van der Waals surface area contributed by atoms with Gasteiger partial charge in [-0.1, -0.05) is 6.92 Å². The normalized spacial score (nSPS) is 12.1. The summed E-state index contributed by atoms with van der Waals surface area (Å²) in [7, 11) is 1.65. The largest absolute Gasteiger partial charge is 0.397 e. The Morgan fingerprint density at radius 3 is 2.94 bits per heavy atom. The van der Waals surface area contributed by atoms with E-state index in [2.05, 4.69) is 10.3 Å². The summed E-state index contributed by atoms with van der Waals surface area (Å²) >= 11 is 0. The Kier molecular flexibility index (Phi) is 4.71. The number of nitrogens with zero attached hydrogens (tertiary/aromatic N) is 1. The van der Waals surface area contributed by atoms with E-state index in [9.17, 15) is 4.79 Å². The lowest BCUT2D eigenvalue weighted by Crippen LogP contribution is -2.20. The Morgan fingerprint density at radius 1 is 1.65 bits per heavy atom. The molecule has 0 saturated heterocycles. The molecule has 1 atom stereocenters. The van der Waals surface area contributed by atoms with Crippen LogP contribution < -0.4 is 16.8 Å². The summed E-state index contributed by atoms with van der Waals surface area (Å²) in [5.74, 6) is 0.210. The predicted molar refractivity (Wildman–Crippen MR) is 66.7 cm³/mol. The highest BCUT2D eigenvalue weighted by molar-refractivity contribution is 5.98. The number of methoxy groups -OCH3 is 1. The van der Waals surface area contributed by atoms with E-state index in [1.807, 2.05) is 6.92 Å². The second-order valence-electron chi connectivity index (χ2n) is 3.97. The Hall–Kier alpha value is -1.82. The summed E-state index contributed by atoms with van der Waals surface area (Å²) in [5, 5.41) is 3.06. The molecule has 1 rings (SSSR count). The van der Waals surface area contributed by atoms with E-state index in [-0.39, 0.29) is 0 Å². The summed E-state index contributed by atoms with van der Waals surface area (Å²) in [6.45, 7) is 3.30. The Labute approximate surface area is 100 Å². The highest BCUT2D eigenvalue weighted by Crippen LogP contribution is 2.15. The number of hydrogen-bond acceptors (Lipinski definition) is 5. The summed E-state index contributed by atoms with van der Waals surface area (Å²) in [4.78, 5) is 15.3. The van der Waals surface area contributed by atoms with Crippen molar-refractivity contribution < 1.29 is 9.53 Å². The minimum atomic E-state index is -0.549. The second kappa shape index (κ2) is 6.05. The fraction of sp³-hybridized carbons (Fsp3) is 0.455. The predicted octanol–water partition coefficient (Wildman–Crippen LogP) is 0.457. The maximum Gasteiger partial charge on any atom is 0.252 e. The van der Waals surface area contributed by atoms with Gasteiger partial charge in [0, 0.05) is 13.7 Å². The van der Waals surface area contributed by atoms with Crippen molar-refractivity contribution in [3.8, 4) is 0 Å². The maximum absolute atomic E-state index is 11.2. The number of aromatic nitrogens is 1. The third-order valence-corrected chi connectivity index (χ3v) is 2.24. The van der Waals surface area contributed by atoms with E-state index in [4.69, 9.17) is 16.2 Å². The van der Waals surface area contributed by atoms with Gasteiger partial charge in [-0.3, -0.25) is 4.79 Å². The molecular formula is C11H18N4O2. The number of rotatable bonds is 6. The van der Waals surface area contributed by atoms with Crippen LogP contribution in [-0.4, -0.2) is 31.2 Å². The summed E-state index contributed by atoms with van der Waals surface area (Å²) in [5.41, 5.74) is 11.5. The molecule has 0 bridgehead atoms. The number of amides is 1. The first-order chi connectivity index (χ1) is 8.04. The Morgan fingerprint density at radius 2 is 2.35 bits per heavy atom. The molecule has 0 spiro atoms. The van der Waals surface area contributed by atoms with Crippen molar-refractivity contribution in [3.05, 3.63) is 17.8 Å². The number of carbonyl (C=O) groups excluding carboxylic acids is 1. The summed E-state index contributed by atoms with van der Waals surface area (Å²) in [6, 6.07) is 1.51. The lowest BCUT2D eigenvalue weighted by molar-refractivity contribution is 0.100. The molecular weight excluding hydrogens is 220 g/mol. The van der Waals surface area contributed by atoms with Crippen molar-refractivity contribution in [2.75, 3.05) is 31.3 Å². The van der Waals surface area contributed by atoms with Crippen LogP contribution in [0, 0.1) is 5.92 Å². The van der Waals surface area contributed by atoms with Gasteiger partial charge in [0.15, 0.2) is 0 Å². The molecule has 6 heteroatoms. The van der Waals surface area contributed by atoms with Crippen molar-refractivity contribution in [3.63, 3.8) is 0 Å². The number of ether oxygens (including phenoxy) is 1. The van der Waals surface area contributed by atoms with Crippen molar-refractivity contribution in [2.45, 2.75) is 6.92 Å². The number of nitrogens with one attached hydrogen (secondary N) is 1. The zero-order chi connectivity index (χ0) is 12.8. The van der Waals surface area contributed by atoms with E-state index in [0.29, 0.717) is 36.1 Å². The number of nitrogens with two attached hydrogens (primary N) is 2. The fourth-order valence-corrected chi connectivity index (χ4v) is 1.42. The number of carbonyl (C=O) groups is 1. The summed E-state index contributed by atoms with van der Waals surface area (Å²) < 4.78 is 5.02. The standard InChI is InChI=1S/C11H18N4O2/c1-7(6-17-2)4-14-11-9(10(13)16)3-8(12)5-15-11/h3,5,7H,4,6,12H2,1-2H3,(H2,13,16)(H,14,15). The lowest BCUT2D eigenvalue weighted by Gasteiger charge is -2.13. The second-order valence-corrected chi connectivity index (χ2v) is 3.97. The minimum Gasteiger partial charge on any atom is -0.397 e. The molecule has 0 aliphatic rings. The third-order valence-electron chi connectivity index (χ3n) is 2.24. The van der Waals surface area contributed by atoms with Crippen LogP contribution >= 0.6 is 0 Å². The number of anilines is 2. The van der Waals surface area contributed by atoms with Gasteiger partial charge in [0.2, 0.25) is 0 Å². The van der Waals surface area contributed by atoms with Crippen LogP contribution in [0.5, 0.6) is 0 Å². The van der Waals surface area contributed by atoms with Crippen LogP contribution in [0.15, 0.2) is 12.3 Å². The third kappa shape index (κ3) is 3.92. The Bertz CT molecular complexity index is 395. The van der Waals surface area contributed by atoms with Gasteiger partial charge in [0.25, 0.3) is 5.91 Å². The smallest absolute Gasteiger partial charge is 0.252 e. The van der Waals surface area contributed by atoms with Gasteiger partial charge < -0.3 is 21.5 Å². The molecule has 1 aromatic rings. The average molecular weight is 238 g/mol. The van der Waals surface area contributed by atoms with Gasteiger partial charge in [0.05, 0.1) is 24.1 Å². The highest BCUT2D eigenvalue weighted by Gasteiger charge is 2.11. The van der Waals surface area contributed by atoms with Gasteiger partial charge in [-0.15, -0.1) is 0 Å². The SMILES string of the molecule is COCC(C)CNc1ncc(N)cc1C(N)=O. The van der Waals surface area contributed by atoms with Crippen LogP contribution in [0.1, 0.15) is 17.3 Å². The van der Waals surface area contributed by atoms with Crippen molar-refractivity contribution in [2.24, 2.45) is 11.7 Å². The molecule has 1 heterocycles. The number of nitrogen functional groups attached to an aromatic ring is 1. The molecule has 0 radical (unpaired) electrons. The average Bonchev–Trinajstić information content (AvgIpc) is 2.27. The van der Waals surface area contributed by atoms with Crippen LogP contribution in [0.4, 0.5) is 11.5 Å². The zero-order valence-corrected chi connectivity index (χ0v) is 10.1. The number of primary amides is 1. The molecule has 6 nitrogen and oxygen atoms in total. The lowest BCUT2D eigenvalue weighted by atomic mass is 10.2. The van der Waals surface area contributed by atoms with E-state index in [1.54, 1.807) is 7.11 Å². The minimum absolute atomic E-state index is 0.301. The van der Waals surface area contributed by atoms with Crippen molar-refractivity contribution >= 4 is 17.4 Å². The van der Waals surface area contributed by atoms with Gasteiger partial charge in [-0.05, 0) is 12.0 Å². The molecule has 1 unspecified atom stereocenters. The first-order valence-electron chi connectivity index (χ1n) is 5.32. The highest BCUT2D eigenvalue weighted by atomic mass is 16.5. The monoisotopic (exact) mass is 238 g/mol. The molecule has 0 saturated carbocycles. The first-order valence-corrected chi connectivity index (χ1v) is 5.32. The van der Waals surface area contributed by atoms with Gasteiger partial charge in [-0.2, -0.15) is 0 Å². The molecule has 1 aromatic heterocycles. The van der Waals surface area contributed by atoms with Crippen LogP contribution in [-0.2, 0) is 4.74 Å². The Balaban J connectivity index is 2.73. The first kappa shape index (κ1) is 13.2. The molecule has 0 aliphatic carbocycles. The molecule has 0 aromatic carbocycles.